The molecular weight excluding hydrogens is 360 g/mol. The molecule has 0 aliphatic heterocycles. The number of thiophene rings is 1. The lowest BCUT2D eigenvalue weighted by Gasteiger charge is -2.11. The van der Waals surface area contributed by atoms with Crippen LogP contribution < -0.4 is 15.0 Å². The quantitative estimate of drug-likeness (QED) is 0.504. The van der Waals surface area contributed by atoms with Gasteiger partial charge in [0.15, 0.2) is 0 Å². The molecule has 0 bridgehead atoms. The maximum absolute atomic E-state index is 12.8. The lowest BCUT2D eigenvalue weighted by Crippen LogP contribution is -2.26. The fraction of sp³-hybridized carbons (Fsp3) is 0.143. The molecule has 2 heterocycles. The largest absolute Gasteiger partial charge is 0.497 e. The first-order valence-electron chi connectivity index (χ1n) is 8.57. The van der Waals surface area contributed by atoms with Crippen molar-refractivity contribution in [2.24, 2.45) is 0 Å². The standard InChI is InChI=1S/C21H18N2O3S/c1-25-15-8-10-16(11-9-15)26-13-12-23-21(24)18-6-3-2-5-17(18)20(22-23)19-7-4-14-27-19/h2-11,14H,12-13H2,1H3. The average Bonchev–Trinajstić information content (AvgIpc) is 3.25. The van der Waals surface area contributed by atoms with E-state index >= 15 is 0 Å². The van der Waals surface area contributed by atoms with Crippen molar-refractivity contribution < 1.29 is 9.47 Å². The second-order valence-electron chi connectivity index (χ2n) is 5.92. The van der Waals surface area contributed by atoms with Crippen molar-refractivity contribution in [3.05, 3.63) is 76.4 Å². The summed E-state index contributed by atoms with van der Waals surface area (Å²) in [6.45, 7) is 0.718. The van der Waals surface area contributed by atoms with Gasteiger partial charge >= 0.3 is 0 Å². The highest BCUT2D eigenvalue weighted by Gasteiger charge is 2.12. The van der Waals surface area contributed by atoms with E-state index in [4.69, 9.17) is 9.47 Å². The van der Waals surface area contributed by atoms with E-state index in [0.717, 1.165) is 27.5 Å². The summed E-state index contributed by atoms with van der Waals surface area (Å²) in [5, 5.41) is 8.16. The number of rotatable bonds is 6. The first kappa shape index (κ1) is 17.3. The molecule has 2 aromatic carbocycles. The van der Waals surface area contributed by atoms with Crippen LogP contribution in [-0.2, 0) is 6.54 Å². The first-order chi connectivity index (χ1) is 13.3. The Labute approximate surface area is 160 Å². The minimum absolute atomic E-state index is 0.107. The van der Waals surface area contributed by atoms with E-state index in [2.05, 4.69) is 5.10 Å². The zero-order valence-corrected chi connectivity index (χ0v) is 15.6. The van der Waals surface area contributed by atoms with E-state index in [9.17, 15) is 4.79 Å². The molecule has 0 aliphatic carbocycles. The number of benzene rings is 2. The van der Waals surface area contributed by atoms with Gasteiger partial charge in [0.1, 0.15) is 23.8 Å². The van der Waals surface area contributed by atoms with Gasteiger partial charge in [0.25, 0.3) is 5.56 Å². The molecule has 0 aliphatic rings. The molecule has 136 valence electrons. The van der Waals surface area contributed by atoms with Crippen molar-refractivity contribution in [2.75, 3.05) is 13.7 Å². The molecule has 0 spiro atoms. The molecule has 0 amide bonds. The second kappa shape index (κ2) is 7.63. The Morgan fingerprint density at radius 2 is 1.70 bits per heavy atom. The van der Waals surface area contributed by atoms with Crippen LogP contribution in [-0.4, -0.2) is 23.5 Å². The van der Waals surface area contributed by atoms with E-state index < -0.39 is 0 Å². The number of aromatic nitrogens is 2. The fourth-order valence-corrected chi connectivity index (χ4v) is 3.63. The van der Waals surface area contributed by atoms with Gasteiger partial charge in [-0.3, -0.25) is 4.79 Å². The number of ether oxygens (including phenoxy) is 2. The molecule has 0 saturated heterocycles. The molecule has 6 heteroatoms. The number of hydrogen-bond acceptors (Lipinski definition) is 5. The second-order valence-corrected chi connectivity index (χ2v) is 6.87. The van der Waals surface area contributed by atoms with E-state index in [1.165, 1.54) is 4.68 Å². The van der Waals surface area contributed by atoms with Crippen LogP contribution in [0.2, 0.25) is 0 Å². The molecule has 0 radical (unpaired) electrons. The number of fused-ring (bicyclic) bond motifs is 1. The fourth-order valence-electron chi connectivity index (χ4n) is 2.90. The molecular formula is C21H18N2O3S. The van der Waals surface area contributed by atoms with Crippen LogP contribution in [0.25, 0.3) is 21.3 Å². The first-order valence-corrected chi connectivity index (χ1v) is 9.45. The molecule has 4 rings (SSSR count). The van der Waals surface area contributed by atoms with Crippen molar-refractivity contribution in [2.45, 2.75) is 6.54 Å². The Morgan fingerprint density at radius 3 is 2.41 bits per heavy atom. The summed E-state index contributed by atoms with van der Waals surface area (Å²) in [6, 6.07) is 18.9. The van der Waals surface area contributed by atoms with E-state index in [-0.39, 0.29) is 5.56 Å². The highest BCUT2D eigenvalue weighted by atomic mass is 32.1. The molecule has 0 atom stereocenters. The molecule has 27 heavy (non-hydrogen) atoms. The van der Waals surface area contributed by atoms with Gasteiger partial charge < -0.3 is 9.47 Å². The van der Waals surface area contributed by atoms with Gasteiger partial charge in [-0.25, -0.2) is 4.68 Å². The lowest BCUT2D eigenvalue weighted by atomic mass is 10.1. The summed E-state index contributed by atoms with van der Waals surface area (Å²) >= 11 is 1.61. The highest BCUT2D eigenvalue weighted by Crippen LogP contribution is 2.28. The van der Waals surface area contributed by atoms with Crippen LogP contribution in [0.1, 0.15) is 0 Å². The van der Waals surface area contributed by atoms with Crippen LogP contribution >= 0.6 is 11.3 Å². The number of nitrogens with zero attached hydrogens (tertiary/aromatic N) is 2. The van der Waals surface area contributed by atoms with E-state index in [1.807, 2.05) is 66.0 Å². The van der Waals surface area contributed by atoms with Crippen LogP contribution in [0.5, 0.6) is 11.5 Å². The normalized spacial score (nSPS) is 10.9. The third-order valence-corrected chi connectivity index (χ3v) is 5.13. The van der Waals surface area contributed by atoms with Gasteiger partial charge in [0.2, 0.25) is 0 Å². The highest BCUT2D eigenvalue weighted by molar-refractivity contribution is 7.13. The Kier molecular flexibility index (Phi) is 4.89. The number of methoxy groups -OCH3 is 1. The SMILES string of the molecule is COc1ccc(OCCn2nc(-c3cccs3)c3ccccc3c2=O)cc1. The zero-order chi connectivity index (χ0) is 18.6. The monoisotopic (exact) mass is 378 g/mol. The topological polar surface area (TPSA) is 53.4 Å². The van der Waals surface area contributed by atoms with Gasteiger partial charge in [-0.1, -0.05) is 24.3 Å². The Morgan fingerprint density at radius 1 is 0.963 bits per heavy atom. The molecule has 0 N–H and O–H groups in total. The molecule has 2 aromatic heterocycles. The third-order valence-electron chi connectivity index (χ3n) is 4.25. The predicted octanol–water partition coefficient (Wildman–Crippen LogP) is 4.21. The average molecular weight is 378 g/mol. The summed E-state index contributed by atoms with van der Waals surface area (Å²) in [6.07, 6.45) is 0. The van der Waals surface area contributed by atoms with E-state index in [0.29, 0.717) is 18.5 Å². The summed E-state index contributed by atoms with van der Waals surface area (Å²) in [4.78, 5) is 13.8. The van der Waals surface area contributed by atoms with Crippen molar-refractivity contribution >= 4 is 22.1 Å². The van der Waals surface area contributed by atoms with Crippen LogP contribution in [0, 0.1) is 0 Å². The summed E-state index contributed by atoms with van der Waals surface area (Å²) in [5.74, 6) is 1.50. The molecule has 5 nitrogen and oxygen atoms in total. The minimum atomic E-state index is -0.107. The maximum atomic E-state index is 12.8. The van der Waals surface area contributed by atoms with Crippen molar-refractivity contribution in [3.8, 4) is 22.1 Å². The van der Waals surface area contributed by atoms with Gasteiger partial charge in [0, 0.05) is 5.39 Å². The molecule has 4 aromatic rings. The predicted molar refractivity (Wildman–Crippen MR) is 108 cm³/mol. The van der Waals surface area contributed by atoms with Gasteiger partial charge in [-0.2, -0.15) is 5.10 Å². The Balaban J connectivity index is 1.61. The Hall–Kier alpha value is -3.12. The number of hydrogen-bond donors (Lipinski definition) is 0. The molecule has 0 unspecified atom stereocenters. The summed E-state index contributed by atoms with van der Waals surface area (Å²) in [5.41, 5.74) is 0.717. The zero-order valence-electron chi connectivity index (χ0n) is 14.8. The lowest BCUT2D eigenvalue weighted by molar-refractivity contribution is 0.288. The van der Waals surface area contributed by atoms with Crippen LogP contribution in [0.15, 0.2) is 70.8 Å². The van der Waals surface area contributed by atoms with E-state index in [1.54, 1.807) is 18.4 Å². The maximum Gasteiger partial charge on any atom is 0.274 e. The van der Waals surface area contributed by atoms with Gasteiger partial charge in [-0.15, -0.1) is 11.3 Å². The van der Waals surface area contributed by atoms with Crippen molar-refractivity contribution in [1.82, 2.24) is 9.78 Å². The van der Waals surface area contributed by atoms with Crippen molar-refractivity contribution in [1.29, 1.82) is 0 Å². The third kappa shape index (κ3) is 3.57. The van der Waals surface area contributed by atoms with Crippen molar-refractivity contribution in [3.63, 3.8) is 0 Å². The molecule has 0 saturated carbocycles. The van der Waals surface area contributed by atoms with Gasteiger partial charge in [0.05, 0.1) is 23.9 Å². The minimum Gasteiger partial charge on any atom is -0.497 e. The molecule has 0 fully saturated rings. The van der Waals surface area contributed by atoms with Gasteiger partial charge in [-0.05, 0) is 41.8 Å². The van der Waals surface area contributed by atoms with Crippen LogP contribution in [0.4, 0.5) is 0 Å². The summed E-state index contributed by atoms with van der Waals surface area (Å²) in [7, 11) is 1.62. The smallest absolute Gasteiger partial charge is 0.274 e. The van der Waals surface area contributed by atoms with Crippen LogP contribution in [0.3, 0.4) is 0 Å². The summed E-state index contributed by atoms with van der Waals surface area (Å²) < 4.78 is 12.4. The Bertz CT molecular complexity index is 1100.